The van der Waals surface area contributed by atoms with Crippen molar-refractivity contribution in [3.05, 3.63) is 0 Å². The average Bonchev–Trinajstić information content (AvgIpc) is 2.00. The Morgan fingerprint density at radius 1 is 1.67 bits per heavy atom. The number of aliphatic carboxylic acids is 1. The van der Waals surface area contributed by atoms with Gasteiger partial charge in [0.2, 0.25) is 0 Å². The van der Waals surface area contributed by atoms with Gasteiger partial charge in [-0.3, -0.25) is 4.79 Å². The second kappa shape index (κ2) is 5.97. The highest BCUT2D eigenvalue weighted by Gasteiger charge is 2.15. The molecule has 0 saturated carbocycles. The molecule has 0 rings (SSSR count). The van der Waals surface area contributed by atoms with Crippen LogP contribution in [0.2, 0.25) is 0 Å². The normalized spacial score (nSPS) is 13.3. The van der Waals surface area contributed by atoms with Crippen LogP contribution >= 0.6 is 0 Å². The fourth-order valence-corrected chi connectivity index (χ4v) is 1.08. The van der Waals surface area contributed by atoms with Crippen LogP contribution in [0.3, 0.4) is 0 Å². The summed E-state index contributed by atoms with van der Waals surface area (Å²) in [5.74, 6) is -0.791. The van der Waals surface area contributed by atoms with Gasteiger partial charge in [-0.1, -0.05) is 6.92 Å². The maximum Gasteiger partial charge on any atom is 0.322 e. The van der Waals surface area contributed by atoms with Gasteiger partial charge in [-0.05, 0) is 27.1 Å². The molecule has 0 aliphatic rings. The van der Waals surface area contributed by atoms with Crippen LogP contribution < -0.4 is 5.32 Å². The maximum atomic E-state index is 10.6. The Hall–Kier alpha value is -0.610. The van der Waals surface area contributed by atoms with Gasteiger partial charge >= 0.3 is 5.97 Å². The van der Waals surface area contributed by atoms with Crippen LogP contribution in [0.15, 0.2) is 0 Å². The molecule has 0 spiro atoms. The molecule has 0 amide bonds. The molecule has 12 heavy (non-hydrogen) atoms. The molecule has 4 heteroatoms. The van der Waals surface area contributed by atoms with Crippen molar-refractivity contribution in [2.75, 3.05) is 27.2 Å². The number of nitrogens with zero attached hydrogens (tertiary/aromatic N) is 1. The number of carboxylic acid groups (broad SMARTS) is 1. The number of nitrogens with one attached hydrogen (secondary N) is 1. The number of likely N-dealkylation sites (N-methyl/N-ethyl adjacent to an activating group) is 2. The molecule has 0 aromatic carbocycles. The summed E-state index contributed by atoms with van der Waals surface area (Å²) in [4.78, 5) is 12.6. The van der Waals surface area contributed by atoms with E-state index in [2.05, 4.69) is 12.2 Å². The first-order valence-corrected chi connectivity index (χ1v) is 4.20. The highest BCUT2D eigenvalue weighted by molar-refractivity contribution is 5.73. The molecule has 72 valence electrons. The predicted octanol–water partition coefficient (Wildman–Crippen LogP) is 0.000800. The van der Waals surface area contributed by atoms with Crippen LogP contribution in [0.5, 0.6) is 0 Å². The fourth-order valence-electron chi connectivity index (χ4n) is 1.08. The molecule has 2 N–H and O–H groups in total. The quantitative estimate of drug-likeness (QED) is 0.595. The first-order valence-electron chi connectivity index (χ1n) is 4.20. The highest BCUT2D eigenvalue weighted by atomic mass is 16.4. The lowest BCUT2D eigenvalue weighted by Gasteiger charge is -2.19. The van der Waals surface area contributed by atoms with E-state index in [-0.39, 0.29) is 0 Å². The fraction of sp³-hybridized carbons (Fsp3) is 0.875. The first kappa shape index (κ1) is 11.4. The molecule has 0 aliphatic heterocycles. The van der Waals surface area contributed by atoms with E-state index in [1.165, 1.54) is 0 Å². The van der Waals surface area contributed by atoms with E-state index >= 15 is 0 Å². The average molecular weight is 174 g/mol. The van der Waals surface area contributed by atoms with E-state index in [4.69, 9.17) is 5.11 Å². The minimum absolute atomic E-state index is 0.457. The lowest BCUT2D eigenvalue weighted by molar-refractivity contribution is -0.139. The molecule has 0 radical (unpaired) electrons. The van der Waals surface area contributed by atoms with Crippen molar-refractivity contribution < 1.29 is 9.90 Å². The van der Waals surface area contributed by atoms with Gasteiger partial charge < -0.3 is 15.3 Å². The van der Waals surface area contributed by atoms with E-state index in [9.17, 15) is 4.79 Å². The van der Waals surface area contributed by atoms with E-state index in [1.54, 1.807) is 7.05 Å². The Bertz CT molecular complexity index is 139. The van der Waals surface area contributed by atoms with Crippen molar-refractivity contribution >= 4 is 5.97 Å². The third kappa shape index (κ3) is 4.31. The minimum Gasteiger partial charge on any atom is -0.480 e. The van der Waals surface area contributed by atoms with Gasteiger partial charge in [-0.15, -0.1) is 0 Å². The zero-order valence-corrected chi connectivity index (χ0v) is 8.00. The number of rotatable bonds is 6. The van der Waals surface area contributed by atoms with Crippen molar-refractivity contribution in [3.8, 4) is 0 Å². The summed E-state index contributed by atoms with van der Waals surface area (Å²) in [7, 11) is 3.59. The Morgan fingerprint density at radius 2 is 2.25 bits per heavy atom. The Morgan fingerprint density at radius 3 is 2.58 bits per heavy atom. The van der Waals surface area contributed by atoms with Gasteiger partial charge in [0.05, 0.1) is 0 Å². The summed E-state index contributed by atoms with van der Waals surface area (Å²) in [6.07, 6.45) is 1.05. The van der Waals surface area contributed by atoms with Gasteiger partial charge in [0.1, 0.15) is 6.04 Å². The summed E-state index contributed by atoms with van der Waals surface area (Å²) in [6, 6.07) is -0.457. The van der Waals surface area contributed by atoms with Gasteiger partial charge in [0.15, 0.2) is 0 Å². The molecule has 0 aromatic heterocycles. The summed E-state index contributed by atoms with van der Waals surface area (Å²) in [5.41, 5.74) is 0. The Kier molecular flexibility index (Phi) is 5.66. The van der Waals surface area contributed by atoms with Gasteiger partial charge in [0, 0.05) is 6.54 Å². The molecular formula is C8H18N2O2. The van der Waals surface area contributed by atoms with Gasteiger partial charge in [-0.25, -0.2) is 0 Å². The van der Waals surface area contributed by atoms with Gasteiger partial charge in [-0.2, -0.15) is 0 Å². The van der Waals surface area contributed by atoms with Crippen molar-refractivity contribution in [3.63, 3.8) is 0 Å². The molecule has 1 unspecified atom stereocenters. The van der Waals surface area contributed by atoms with Gasteiger partial charge in [0.25, 0.3) is 0 Å². The molecule has 1 atom stereocenters. The van der Waals surface area contributed by atoms with Crippen molar-refractivity contribution in [2.45, 2.75) is 19.4 Å². The number of hydrogen-bond acceptors (Lipinski definition) is 3. The van der Waals surface area contributed by atoms with Crippen LogP contribution in [0, 0.1) is 0 Å². The molecule has 0 aromatic rings. The van der Waals surface area contributed by atoms with Crippen LogP contribution in [0.25, 0.3) is 0 Å². The molecule has 0 saturated heterocycles. The number of carboxylic acids is 1. The minimum atomic E-state index is -0.791. The second-order valence-corrected chi connectivity index (χ2v) is 2.94. The number of carbonyl (C=O) groups is 1. The van der Waals surface area contributed by atoms with Crippen molar-refractivity contribution in [2.24, 2.45) is 0 Å². The molecule has 0 fully saturated rings. The van der Waals surface area contributed by atoms with E-state index < -0.39 is 12.0 Å². The molecule has 0 heterocycles. The molecule has 0 bridgehead atoms. The summed E-state index contributed by atoms with van der Waals surface area (Å²) in [6.45, 7) is 3.57. The van der Waals surface area contributed by atoms with E-state index in [0.29, 0.717) is 6.54 Å². The highest BCUT2D eigenvalue weighted by Crippen LogP contribution is 1.91. The monoisotopic (exact) mass is 174 g/mol. The van der Waals surface area contributed by atoms with Crippen LogP contribution in [-0.4, -0.2) is 49.2 Å². The first-order chi connectivity index (χ1) is 5.61. The third-order valence-corrected chi connectivity index (χ3v) is 1.75. The maximum absolute atomic E-state index is 10.6. The van der Waals surface area contributed by atoms with Crippen molar-refractivity contribution in [1.29, 1.82) is 0 Å². The smallest absolute Gasteiger partial charge is 0.322 e. The topological polar surface area (TPSA) is 52.6 Å². The summed E-state index contributed by atoms with van der Waals surface area (Å²) < 4.78 is 0. The zero-order valence-electron chi connectivity index (χ0n) is 8.00. The third-order valence-electron chi connectivity index (χ3n) is 1.75. The van der Waals surface area contributed by atoms with Crippen LogP contribution in [-0.2, 0) is 4.79 Å². The molecule has 4 nitrogen and oxygen atoms in total. The number of hydrogen-bond donors (Lipinski definition) is 2. The van der Waals surface area contributed by atoms with Crippen molar-refractivity contribution in [1.82, 2.24) is 10.2 Å². The largest absolute Gasteiger partial charge is 0.480 e. The summed E-state index contributed by atoms with van der Waals surface area (Å²) in [5, 5.41) is 11.5. The summed E-state index contributed by atoms with van der Waals surface area (Å²) >= 11 is 0. The zero-order chi connectivity index (χ0) is 9.56. The van der Waals surface area contributed by atoms with E-state index in [1.807, 2.05) is 11.9 Å². The SMILES string of the molecule is CCCN(C)CC(NC)C(=O)O. The lowest BCUT2D eigenvalue weighted by atomic mass is 10.3. The van der Waals surface area contributed by atoms with Crippen LogP contribution in [0.1, 0.15) is 13.3 Å². The Balaban J connectivity index is 3.77. The van der Waals surface area contributed by atoms with E-state index in [0.717, 1.165) is 13.0 Å². The molecule has 0 aliphatic carbocycles. The Labute approximate surface area is 73.6 Å². The second-order valence-electron chi connectivity index (χ2n) is 2.94. The van der Waals surface area contributed by atoms with Crippen LogP contribution in [0.4, 0.5) is 0 Å². The predicted molar refractivity (Wildman–Crippen MR) is 48.3 cm³/mol. The lowest BCUT2D eigenvalue weighted by Crippen LogP contribution is -2.43. The molecular weight excluding hydrogens is 156 g/mol. The standard InChI is InChI=1S/C8H18N2O2/c1-4-5-10(3)6-7(9-2)8(11)12/h7,9H,4-6H2,1-3H3,(H,11,12).